The number of amides is 1. The lowest BCUT2D eigenvalue weighted by atomic mass is 10.1. The molecule has 0 bridgehead atoms. The number of hydrogen-bond donors (Lipinski definition) is 2. The lowest BCUT2D eigenvalue weighted by Gasteiger charge is -2.26. The van der Waals surface area contributed by atoms with Gasteiger partial charge in [0.15, 0.2) is 0 Å². The van der Waals surface area contributed by atoms with E-state index < -0.39 is 15.6 Å². The number of rotatable bonds is 7. The van der Waals surface area contributed by atoms with Gasteiger partial charge in [-0.05, 0) is 83.1 Å². The molecule has 158 valence electrons. The molecule has 0 radical (unpaired) electrons. The highest BCUT2D eigenvalue weighted by molar-refractivity contribution is 7.89. The minimum Gasteiger partial charge on any atom is -0.468 e. The Morgan fingerprint density at radius 3 is 2.34 bits per heavy atom. The van der Waals surface area contributed by atoms with Crippen molar-refractivity contribution in [1.29, 1.82) is 0 Å². The van der Waals surface area contributed by atoms with Crippen LogP contribution < -0.4 is 10.0 Å². The molecule has 1 unspecified atom stereocenters. The highest BCUT2D eigenvalue weighted by atomic mass is 32.2. The van der Waals surface area contributed by atoms with Crippen LogP contribution >= 0.6 is 0 Å². The molecule has 1 aliphatic heterocycles. The Morgan fingerprint density at radius 2 is 1.79 bits per heavy atom. The zero-order chi connectivity index (χ0) is 21.1. The molecule has 2 aromatic rings. The van der Waals surface area contributed by atoms with Gasteiger partial charge in [0.1, 0.15) is 5.76 Å². The first-order valence-electron chi connectivity index (χ1n) is 9.85. The normalized spacial score (nSPS) is 16.7. The third-order valence-corrected chi connectivity index (χ3v) is 6.55. The van der Waals surface area contributed by atoms with E-state index in [1.54, 1.807) is 27.0 Å². The Labute approximate surface area is 172 Å². The predicted octanol–water partition coefficient (Wildman–Crippen LogP) is 2.92. The van der Waals surface area contributed by atoms with Gasteiger partial charge in [-0.15, -0.1) is 0 Å². The van der Waals surface area contributed by atoms with E-state index in [9.17, 15) is 13.2 Å². The van der Waals surface area contributed by atoms with E-state index in [2.05, 4.69) is 14.9 Å². The molecule has 1 amide bonds. The molecule has 7 nitrogen and oxygen atoms in total. The van der Waals surface area contributed by atoms with E-state index in [1.165, 1.54) is 24.3 Å². The summed E-state index contributed by atoms with van der Waals surface area (Å²) in [5, 5.41) is 2.95. The number of carbonyl (C=O) groups excluding carboxylic acids is 1. The van der Waals surface area contributed by atoms with E-state index in [1.807, 2.05) is 12.1 Å². The molecule has 2 heterocycles. The SMILES string of the molecule is CC(C)(C)NS(=O)(=O)c1ccc(C(=O)NCC(c2ccco2)N2CCCC2)cc1. The van der Waals surface area contributed by atoms with Crippen LogP contribution in [0.15, 0.2) is 52.0 Å². The molecule has 1 saturated heterocycles. The van der Waals surface area contributed by atoms with Crippen molar-refractivity contribution in [3.63, 3.8) is 0 Å². The smallest absolute Gasteiger partial charge is 0.251 e. The van der Waals surface area contributed by atoms with Crippen LogP contribution in [0.4, 0.5) is 0 Å². The summed E-state index contributed by atoms with van der Waals surface area (Å²) in [6.07, 6.45) is 3.93. The van der Waals surface area contributed by atoms with Crippen molar-refractivity contribution in [2.24, 2.45) is 0 Å². The van der Waals surface area contributed by atoms with Crippen molar-refractivity contribution in [3.05, 3.63) is 54.0 Å². The summed E-state index contributed by atoms with van der Waals surface area (Å²) in [4.78, 5) is 15.0. The first kappa shape index (κ1) is 21.5. The fourth-order valence-electron chi connectivity index (χ4n) is 3.48. The number of hydrogen-bond acceptors (Lipinski definition) is 5. The van der Waals surface area contributed by atoms with Crippen molar-refractivity contribution in [2.75, 3.05) is 19.6 Å². The minimum absolute atomic E-state index is 0.00733. The number of sulfonamides is 1. The number of furan rings is 1. The summed E-state index contributed by atoms with van der Waals surface area (Å²) in [6, 6.07) is 9.74. The van der Waals surface area contributed by atoms with Crippen LogP contribution in [-0.4, -0.2) is 44.4 Å². The zero-order valence-corrected chi connectivity index (χ0v) is 18.0. The Bertz CT molecular complexity index is 910. The van der Waals surface area contributed by atoms with E-state index in [0.29, 0.717) is 12.1 Å². The third-order valence-electron chi connectivity index (χ3n) is 4.78. The zero-order valence-electron chi connectivity index (χ0n) is 17.1. The molecular formula is C21H29N3O4S. The highest BCUT2D eigenvalue weighted by Crippen LogP contribution is 2.25. The third kappa shape index (κ3) is 5.68. The molecule has 1 fully saturated rings. The van der Waals surface area contributed by atoms with Crippen molar-refractivity contribution in [1.82, 2.24) is 14.9 Å². The van der Waals surface area contributed by atoms with Crippen LogP contribution in [0.3, 0.4) is 0 Å². The first-order chi connectivity index (χ1) is 13.7. The van der Waals surface area contributed by atoms with Gasteiger partial charge < -0.3 is 9.73 Å². The van der Waals surface area contributed by atoms with Crippen LogP contribution in [0, 0.1) is 0 Å². The van der Waals surface area contributed by atoms with Gasteiger partial charge in [-0.3, -0.25) is 9.69 Å². The molecule has 0 saturated carbocycles. The standard InChI is InChI=1S/C21H29N3O4S/c1-21(2,3)23-29(26,27)17-10-8-16(9-11-17)20(25)22-15-18(19-7-6-14-28-19)24-12-4-5-13-24/h6-11,14,18,23H,4-5,12-13,15H2,1-3H3,(H,22,25). The summed E-state index contributed by atoms with van der Waals surface area (Å²) in [5.41, 5.74) is -0.162. The summed E-state index contributed by atoms with van der Waals surface area (Å²) in [5.74, 6) is 0.593. The number of benzene rings is 1. The van der Waals surface area contributed by atoms with Gasteiger partial charge in [-0.2, -0.15) is 0 Å². The molecule has 2 N–H and O–H groups in total. The van der Waals surface area contributed by atoms with E-state index in [4.69, 9.17) is 4.42 Å². The lowest BCUT2D eigenvalue weighted by molar-refractivity contribution is 0.0933. The topological polar surface area (TPSA) is 91.6 Å². The number of carbonyl (C=O) groups is 1. The molecule has 1 atom stereocenters. The fourth-order valence-corrected chi connectivity index (χ4v) is 4.90. The largest absolute Gasteiger partial charge is 0.468 e. The number of likely N-dealkylation sites (tertiary alicyclic amines) is 1. The van der Waals surface area contributed by atoms with Crippen LogP contribution in [0.1, 0.15) is 55.8 Å². The monoisotopic (exact) mass is 419 g/mol. The quantitative estimate of drug-likeness (QED) is 0.720. The predicted molar refractivity (Wildman–Crippen MR) is 111 cm³/mol. The van der Waals surface area contributed by atoms with Gasteiger partial charge in [0.05, 0.1) is 17.2 Å². The molecular weight excluding hydrogens is 390 g/mol. The van der Waals surface area contributed by atoms with Crippen LogP contribution in [0.2, 0.25) is 0 Å². The Morgan fingerprint density at radius 1 is 1.14 bits per heavy atom. The van der Waals surface area contributed by atoms with Crippen LogP contribution in [0.5, 0.6) is 0 Å². The minimum atomic E-state index is -3.63. The van der Waals surface area contributed by atoms with Crippen molar-refractivity contribution in [2.45, 2.75) is 50.1 Å². The van der Waals surface area contributed by atoms with Gasteiger partial charge in [-0.25, -0.2) is 13.1 Å². The molecule has 1 aromatic heterocycles. The highest BCUT2D eigenvalue weighted by Gasteiger charge is 2.26. The summed E-state index contributed by atoms with van der Waals surface area (Å²) < 4.78 is 33.0. The van der Waals surface area contributed by atoms with E-state index >= 15 is 0 Å². The van der Waals surface area contributed by atoms with Gasteiger partial charge in [0.2, 0.25) is 10.0 Å². The molecule has 0 spiro atoms. The Hall–Kier alpha value is -2.16. The summed E-state index contributed by atoms with van der Waals surface area (Å²) >= 11 is 0. The molecule has 0 aliphatic carbocycles. The van der Waals surface area contributed by atoms with Crippen LogP contribution in [0.25, 0.3) is 0 Å². The van der Waals surface area contributed by atoms with Gasteiger partial charge >= 0.3 is 0 Å². The Balaban J connectivity index is 1.66. The van der Waals surface area contributed by atoms with Gasteiger partial charge in [-0.1, -0.05) is 0 Å². The summed E-state index contributed by atoms with van der Waals surface area (Å²) in [7, 11) is -3.63. The maximum Gasteiger partial charge on any atom is 0.251 e. The second-order valence-electron chi connectivity index (χ2n) is 8.36. The van der Waals surface area contributed by atoms with Gasteiger partial charge in [0, 0.05) is 17.6 Å². The average molecular weight is 420 g/mol. The van der Waals surface area contributed by atoms with Crippen LogP contribution in [-0.2, 0) is 10.0 Å². The van der Waals surface area contributed by atoms with Crippen molar-refractivity contribution in [3.8, 4) is 0 Å². The van der Waals surface area contributed by atoms with E-state index in [-0.39, 0.29) is 16.8 Å². The van der Waals surface area contributed by atoms with Crippen molar-refractivity contribution >= 4 is 15.9 Å². The average Bonchev–Trinajstić information content (AvgIpc) is 3.34. The maximum absolute atomic E-state index is 12.6. The molecule has 3 rings (SSSR count). The van der Waals surface area contributed by atoms with Crippen molar-refractivity contribution < 1.29 is 17.6 Å². The summed E-state index contributed by atoms with van der Waals surface area (Å²) in [6.45, 7) is 7.73. The molecule has 1 aliphatic rings. The van der Waals surface area contributed by atoms with E-state index in [0.717, 1.165) is 31.7 Å². The number of nitrogens with one attached hydrogen (secondary N) is 2. The van der Waals surface area contributed by atoms with Gasteiger partial charge in [0.25, 0.3) is 5.91 Å². The lowest BCUT2D eigenvalue weighted by Crippen LogP contribution is -2.40. The Kier molecular flexibility index (Phi) is 6.45. The molecule has 8 heteroatoms. The second-order valence-corrected chi connectivity index (χ2v) is 10.0. The number of nitrogens with zero attached hydrogens (tertiary/aromatic N) is 1. The first-order valence-corrected chi connectivity index (χ1v) is 11.3. The maximum atomic E-state index is 12.6. The molecule has 1 aromatic carbocycles. The molecule has 29 heavy (non-hydrogen) atoms. The second kappa shape index (κ2) is 8.69. The fraction of sp³-hybridized carbons (Fsp3) is 0.476.